The summed E-state index contributed by atoms with van der Waals surface area (Å²) in [5.74, 6) is -2.21. The zero-order valence-corrected chi connectivity index (χ0v) is 46.3. The molecular formula is C58H56F3N6O14S2-. The van der Waals surface area contributed by atoms with Crippen LogP contribution in [0.15, 0.2) is 172 Å². The van der Waals surface area contributed by atoms with Gasteiger partial charge in [0.1, 0.15) is 28.6 Å². The van der Waals surface area contributed by atoms with E-state index >= 15 is 0 Å². The Labute approximate surface area is 478 Å². The van der Waals surface area contributed by atoms with E-state index in [9.17, 15) is 49.5 Å². The van der Waals surface area contributed by atoms with Crippen LogP contribution in [0.25, 0.3) is 11.1 Å². The fourth-order valence-electron chi connectivity index (χ4n) is 7.62. The number of unbranched alkanes of at least 4 members (excludes halogenated alkanes) is 6. The Bertz CT molecular complexity index is 3490. The van der Waals surface area contributed by atoms with Gasteiger partial charge in [-0.3, -0.25) is 4.21 Å². The molecule has 1 atom stereocenters. The number of sulfonamides is 1. The highest BCUT2D eigenvalue weighted by atomic mass is 32.2. The highest BCUT2D eigenvalue weighted by Crippen LogP contribution is 2.41. The highest BCUT2D eigenvalue weighted by molar-refractivity contribution is 7.89. The van der Waals surface area contributed by atoms with Crippen LogP contribution in [0.3, 0.4) is 0 Å². The molecule has 3 N–H and O–H groups in total. The van der Waals surface area contributed by atoms with Crippen molar-refractivity contribution in [1.82, 2.24) is 0 Å². The van der Waals surface area contributed by atoms with E-state index < -0.39 is 67.6 Å². The molecule has 0 aliphatic carbocycles. The number of ether oxygens (including phenoxy) is 6. The standard InChI is InChI=1S/C58H57F3N6O14S2/c1-4-54(68)78-32-12-8-6-10-30-76-45-22-14-39(15-23-45)56(70)80-51-28-20-41(34-38(51)3)63-66-44-19-27-48(53(37-44)83(62,74)75)47-26-18-43(36-50(47)67-82(72)73)65-64-42-21-29-52(49(35-42)58(59,60)61)81-57(71)40-16-24-46(25-17-40)77-31-11-7-9-13-33-79-55(69)5-2/h4-5,14-29,34-37,67H,1-2,6-13,30-33H2,3H3,(H,72,73)(H2,62,74,75)/p-1. The largest absolute Gasteiger partial charge is 0.755 e. The number of benzene rings is 6. The third kappa shape index (κ3) is 20.2. The van der Waals surface area contributed by atoms with Crippen LogP contribution in [0.4, 0.5) is 41.6 Å². The second-order valence-electron chi connectivity index (χ2n) is 17.9. The molecule has 20 nitrogen and oxygen atoms in total. The Kier molecular flexibility index (Phi) is 23.5. The van der Waals surface area contributed by atoms with Crippen molar-refractivity contribution in [2.45, 2.75) is 69.4 Å². The third-order valence-corrected chi connectivity index (χ3v) is 13.1. The molecule has 0 aromatic heterocycles. The zero-order valence-electron chi connectivity index (χ0n) is 44.6. The molecule has 0 bridgehead atoms. The normalized spacial score (nSPS) is 11.9. The number of anilines is 1. The van der Waals surface area contributed by atoms with Gasteiger partial charge in [0, 0.05) is 34.5 Å². The summed E-state index contributed by atoms with van der Waals surface area (Å²) in [7, 11) is -4.54. The summed E-state index contributed by atoms with van der Waals surface area (Å²) in [5.41, 5.74) is -0.982. The van der Waals surface area contributed by atoms with Gasteiger partial charge in [-0.2, -0.15) is 33.6 Å². The first-order valence-corrected chi connectivity index (χ1v) is 28.1. The van der Waals surface area contributed by atoms with Crippen molar-refractivity contribution in [3.8, 4) is 34.1 Å². The van der Waals surface area contributed by atoms with Crippen molar-refractivity contribution in [3.63, 3.8) is 0 Å². The molecule has 0 aliphatic heterocycles. The van der Waals surface area contributed by atoms with Crippen LogP contribution in [0.1, 0.15) is 83.2 Å². The van der Waals surface area contributed by atoms with Gasteiger partial charge in [-0.05, 0) is 173 Å². The van der Waals surface area contributed by atoms with Crippen molar-refractivity contribution < 1.29 is 78.0 Å². The number of alkyl halides is 3. The van der Waals surface area contributed by atoms with Crippen molar-refractivity contribution >= 4 is 73.6 Å². The number of esters is 4. The summed E-state index contributed by atoms with van der Waals surface area (Å²) in [6.45, 7) is 9.81. The van der Waals surface area contributed by atoms with Gasteiger partial charge in [-0.25, -0.2) is 32.7 Å². The number of nitrogens with two attached hydrogens (primary N) is 1. The molecule has 6 aromatic rings. The summed E-state index contributed by atoms with van der Waals surface area (Å²) in [5, 5.41) is 21.9. The smallest absolute Gasteiger partial charge is 0.420 e. The predicted molar refractivity (Wildman–Crippen MR) is 300 cm³/mol. The van der Waals surface area contributed by atoms with E-state index in [0.717, 1.165) is 74.9 Å². The first-order valence-electron chi connectivity index (χ1n) is 25.5. The van der Waals surface area contributed by atoms with E-state index in [2.05, 4.69) is 38.3 Å². The fourth-order valence-corrected chi connectivity index (χ4v) is 8.74. The van der Waals surface area contributed by atoms with E-state index in [1.165, 1.54) is 60.7 Å². The van der Waals surface area contributed by atoms with Gasteiger partial charge in [0.05, 0.1) is 70.9 Å². The number of carbonyl (C=O) groups is 4. The Morgan fingerprint density at radius 1 is 0.590 bits per heavy atom. The topological polar surface area (TPSA) is 285 Å². The highest BCUT2D eigenvalue weighted by Gasteiger charge is 2.36. The van der Waals surface area contributed by atoms with Gasteiger partial charge < -0.3 is 37.7 Å². The maximum atomic E-state index is 14.3. The van der Waals surface area contributed by atoms with Crippen LogP contribution in [0, 0.1) is 6.92 Å². The molecule has 25 heteroatoms. The maximum Gasteiger partial charge on any atom is 0.420 e. The molecule has 0 saturated heterocycles. The molecule has 1 unspecified atom stereocenters. The summed E-state index contributed by atoms with van der Waals surface area (Å²) in [6.07, 6.45) is 3.46. The molecule has 0 radical (unpaired) electrons. The Hall–Kier alpha value is -8.91. The SMILES string of the molecule is C=CC(=O)OCCCCCCOc1ccc(C(=O)Oc2ccc(N=Nc3ccc(-c4ccc(N=Nc5ccc(OC(=O)c6ccc(OCCCCCCOC(=O)C=C)cc6)c(C(F)(F)F)c5)cc4NS(=O)[O-])c(S(N)(=O)=O)c3)cc2C)cc1. The molecule has 0 amide bonds. The van der Waals surface area contributed by atoms with E-state index in [0.29, 0.717) is 61.5 Å². The number of halogens is 3. The Balaban J connectivity index is 1.07. The number of primary sulfonamides is 1. The van der Waals surface area contributed by atoms with E-state index in [1.54, 1.807) is 37.3 Å². The second-order valence-corrected chi connectivity index (χ2v) is 20.1. The van der Waals surface area contributed by atoms with Crippen molar-refractivity contribution in [2.75, 3.05) is 31.1 Å². The van der Waals surface area contributed by atoms with Crippen molar-refractivity contribution in [2.24, 2.45) is 25.6 Å². The van der Waals surface area contributed by atoms with E-state index in [1.807, 2.05) is 0 Å². The van der Waals surface area contributed by atoms with Gasteiger partial charge >= 0.3 is 30.1 Å². The van der Waals surface area contributed by atoms with Crippen LogP contribution >= 0.6 is 0 Å². The maximum absolute atomic E-state index is 14.3. The third-order valence-electron chi connectivity index (χ3n) is 11.8. The van der Waals surface area contributed by atoms with Gasteiger partial charge in [-0.1, -0.05) is 25.3 Å². The summed E-state index contributed by atoms with van der Waals surface area (Å²) in [6, 6.07) is 26.8. The van der Waals surface area contributed by atoms with Crippen LogP contribution < -0.4 is 28.8 Å². The molecule has 6 aromatic carbocycles. The summed E-state index contributed by atoms with van der Waals surface area (Å²) >= 11 is -2.98. The quantitative estimate of drug-likeness (QED) is 0.0106. The van der Waals surface area contributed by atoms with Crippen molar-refractivity contribution in [1.29, 1.82) is 0 Å². The lowest BCUT2D eigenvalue weighted by Crippen LogP contribution is -2.14. The molecular weight excluding hydrogens is 1130 g/mol. The number of nitrogens with one attached hydrogen (secondary N) is 1. The average Bonchev–Trinajstić information content (AvgIpc) is 3.66. The number of nitrogens with zero attached hydrogens (tertiary/aromatic N) is 4. The van der Waals surface area contributed by atoms with Crippen LogP contribution in [0.5, 0.6) is 23.0 Å². The molecule has 6 rings (SSSR count). The second kappa shape index (κ2) is 30.8. The molecule has 83 heavy (non-hydrogen) atoms. The molecule has 0 aliphatic rings. The number of rotatable bonds is 30. The monoisotopic (exact) mass is 1180 g/mol. The minimum Gasteiger partial charge on any atom is -0.755 e. The van der Waals surface area contributed by atoms with Gasteiger partial charge in [0.25, 0.3) is 0 Å². The van der Waals surface area contributed by atoms with Crippen LogP contribution in [-0.2, 0) is 46.5 Å². The van der Waals surface area contributed by atoms with Crippen LogP contribution in [0.2, 0.25) is 0 Å². The Morgan fingerprint density at radius 2 is 1.01 bits per heavy atom. The number of azo groups is 2. The number of carbonyl (C=O) groups excluding carboxylic acids is 4. The predicted octanol–water partition coefficient (Wildman–Crippen LogP) is 13.1. The minimum atomic E-state index is -5.02. The Morgan fingerprint density at radius 3 is 1.47 bits per heavy atom. The van der Waals surface area contributed by atoms with Crippen LogP contribution in [-0.4, -0.2) is 67.5 Å². The van der Waals surface area contributed by atoms with Crippen molar-refractivity contribution in [3.05, 3.63) is 169 Å². The first kappa shape index (κ1) is 63.3. The summed E-state index contributed by atoms with van der Waals surface area (Å²) in [4.78, 5) is 47.7. The molecule has 0 spiro atoms. The average molecular weight is 1180 g/mol. The van der Waals surface area contributed by atoms with Gasteiger partial charge in [0.15, 0.2) is 0 Å². The first-order chi connectivity index (χ1) is 39.7. The fraction of sp³-hybridized carbons (Fsp3) is 0.241. The number of hydrogen-bond donors (Lipinski definition) is 2. The molecule has 0 heterocycles. The summed E-state index contributed by atoms with van der Waals surface area (Å²) < 4.78 is 127. The van der Waals surface area contributed by atoms with Gasteiger partial charge in [0.2, 0.25) is 10.0 Å². The van der Waals surface area contributed by atoms with E-state index in [4.69, 9.17) is 33.6 Å². The zero-order chi connectivity index (χ0) is 59.9. The molecule has 0 fully saturated rings. The lowest BCUT2D eigenvalue weighted by atomic mass is 10.0. The van der Waals surface area contributed by atoms with E-state index in [-0.39, 0.29) is 57.4 Å². The number of hydrogen-bond acceptors (Lipinski definition) is 18. The van der Waals surface area contributed by atoms with Gasteiger partial charge in [-0.15, -0.1) is 0 Å². The lowest BCUT2D eigenvalue weighted by Gasteiger charge is -2.16. The molecule has 0 saturated carbocycles. The number of aryl methyl sites for hydroxylation is 1. The lowest BCUT2D eigenvalue weighted by molar-refractivity contribution is -0.139. The molecule has 436 valence electrons. The minimum absolute atomic E-state index is 0.00213.